The minimum atomic E-state index is -0.231. The third-order valence-electron chi connectivity index (χ3n) is 13.0. The Labute approximate surface area is 335 Å². The Kier molecular flexibility index (Phi) is 7.32. The fourth-order valence-corrected chi connectivity index (χ4v) is 10.2. The summed E-state index contributed by atoms with van der Waals surface area (Å²) in [4.78, 5) is 2.38. The zero-order valence-corrected chi connectivity index (χ0v) is 32.8. The van der Waals surface area contributed by atoms with Crippen LogP contribution >= 0.6 is 0 Å². The van der Waals surface area contributed by atoms with E-state index in [1.165, 1.54) is 88.3 Å². The van der Waals surface area contributed by atoms with Crippen molar-refractivity contribution >= 4 is 38.6 Å². The van der Waals surface area contributed by atoms with E-state index in [9.17, 15) is 0 Å². The topological polar surface area (TPSA) is 3.24 Å². The summed E-state index contributed by atoms with van der Waals surface area (Å²) in [6.07, 6.45) is 0. The standard InChI is InChI=1S/C56H43N/c1-55(2)49-28-18-17-27-41(49)43-32-45-47(34-51(43)55)54(37-21-11-6-12-22-37)48-35-52-44(33-46(48)53(45)36-19-9-5-10-20-36)42-30-29-40(31-50(42)56(52,3)4)57(38-23-13-7-14-24-38)39-25-15-8-16-26-39/h5-35H,1-4H3. The molecule has 272 valence electrons. The SMILES string of the molecule is CC1(C)c2ccccc2-c2cc3c(-c4ccccc4)c4cc5c(cc4c(-c4ccccc4)c3cc21)C(C)(C)c1cc(N(c2ccccc2)c2ccccc2)ccc1-5. The molecule has 1 heteroatoms. The number of hydrogen-bond acceptors (Lipinski definition) is 1. The highest BCUT2D eigenvalue weighted by Crippen LogP contribution is 2.56. The molecule has 0 radical (unpaired) electrons. The second-order valence-electron chi connectivity index (χ2n) is 16.9. The van der Waals surface area contributed by atoms with Crippen molar-refractivity contribution in [1.29, 1.82) is 0 Å². The molecule has 0 heterocycles. The molecule has 11 rings (SSSR count). The molecular weight excluding hydrogens is 687 g/mol. The summed E-state index contributed by atoms with van der Waals surface area (Å²) in [6, 6.07) is 69.9. The zero-order chi connectivity index (χ0) is 38.5. The first-order valence-corrected chi connectivity index (χ1v) is 20.2. The van der Waals surface area contributed by atoms with Gasteiger partial charge in [0.25, 0.3) is 0 Å². The maximum atomic E-state index is 2.55. The number of benzene rings is 9. The molecule has 9 aromatic carbocycles. The minimum absolute atomic E-state index is 0.109. The molecule has 9 aromatic rings. The molecule has 0 aromatic heterocycles. The Morgan fingerprint density at radius 2 is 0.684 bits per heavy atom. The van der Waals surface area contributed by atoms with E-state index in [4.69, 9.17) is 0 Å². The smallest absolute Gasteiger partial charge is 0.0465 e. The fourth-order valence-electron chi connectivity index (χ4n) is 10.2. The van der Waals surface area contributed by atoms with Crippen molar-refractivity contribution in [3.8, 4) is 44.5 Å². The van der Waals surface area contributed by atoms with Gasteiger partial charge in [0, 0.05) is 27.9 Å². The van der Waals surface area contributed by atoms with Crippen LogP contribution in [-0.2, 0) is 10.8 Å². The number of rotatable bonds is 5. The largest absolute Gasteiger partial charge is 0.310 e. The molecule has 0 aliphatic heterocycles. The third kappa shape index (κ3) is 4.95. The Morgan fingerprint density at radius 1 is 0.298 bits per heavy atom. The Hall–Kier alpha value is -6.70. The molecule has 0 N–H and O–H groups in total. The van der Waals surface area contributed by atoms with Crippen LogP contribution in [0.5, 0.6) is 0 Å². The molecule has 0 amide bonds. The number of nitrogens with zero attached hydrogens (tertiary/aromatic N) is 1. The molecule has 0 saturated heterocycles. The molecule has 0 unspecified atom stereocenters. The van der Waals surface area contributed by atoms with E-state index in [1.54, 1.807) is 0 Å². The lowest BCUT2D eigenvalue weighted by atomic mass is 9.78. The van der Waals surface area contributed by atoms with Crippen molar-refractivity contribution in [2.75, 3.05) is 4.90 Å². The quantitative estimate of drug-likeness (QED) is 0.159. The number of hydrogen-bond donors (Lipinski definition) is 0. The van der Waals surface area contributed by atoms with Crippen molar-refractivity contribution in [1.82, 2.24) is 0 Å². The Bertz CT molecular complexity index is 2990. The lowest BCUT2D eigenvalue weighted by Gasteiger charge is -2.28. The Balaban J connectivity index is 1.22. The number of para-hydroxylation sites is 2. The second kappa shape index (κ2) is 12.4. The van der Waals surface area contributed by atoms with Crippen LogP contribution in [0, 0.1) is 0 Å². The van der Waals surface area contributed by atoms with Crippen LogP contribution in [0.15, 0.2) is 188 Å². The first kappa shape index (κ1) is 33.6. The monoisotopic (exact) mass is 729 g/mol. The van der Waals surface area contributed by atoms with Gasteiger partial charge in [0.15, 0.2) is 0 Å². The van der Waals surface area contributed by atoms with Gasteiger partial charge in [-0.15, -0.1) is 0 Å². The van der Waals surface area contributed by atoms with Gasteiger partial charge in [0.2, 0.25) is 0 Å². The summed E-state index contributed by atoms with van der Waals surface area (Å²) in [6.45, 7) is 9.61. The molecule has 0 saturated carbocycles. The number of anilines is 3. The molecule has 0 atom stereocenters. The molecule has 0 bridgehead atoms. The van der Waals surface area contributed by atoms with Gasteiger partial charge in [-0.2, -0.15) is 0 Å². The molecule has 0 fully saturated rings. The summed E-state index contributed by atoms with van der Waals surface area (Å²) in [5.41, 5.74) is 19.1. The van der Waals surface area contributed by atoms with E-state index in [-0.39, 0.29) is 10.8 Å². The molecule has 1 nitrogen and oxygen atoms in total. The van der Waals surface area contributed by atoms with Crippen molar-refractivity contribution in [3.05, 3.63) is 210 Å². The van der Waals surface area contributed by atoms with E-state index >= 15 is 0 Å². The lowest BCUT2D eigenvalue weighted by molar-refractivity contribution is 0.661. The van der Waals surface area contributed by atoms with Gasteiger partial charge in [0.1, 0.15) is 0 Å². The lowest BCUT2D eigenvalue weighted by Crippen LogP contribution is -2.16. The van der Waals surface area contributed by atoms with Crippen LogP contribution < -0.4 is 4.90 Å². The predicted octanol–water partition coefficient (Wildman–Crippen LogP) is 15.4. The van der Waals surface area contributed by atoms with Gasteiger partial charge in [0.05, 0.1) is 0 Å². The average Bonchev–Trinajstić information content (AvgIpc) is 3.61. The van der Waals surface area contributed by atoms with Crippen molar-refractivity contribution in [2.24, 2.45) is 0 Å². The van der Waals surface area contributed by atoms with Crippen molar-refractivity contribution < 1.29 is 0 Å². The van der Waals surface area contributed by atoms with Crippen LogP contribution in [0.25, 0.3) is 66.1 Å². The zero-order valence-electron chi connectivity index (χ0n) is 32.8. The Morgan fingerprint density at radius 3 is 1.19 bits per heavy atom. The maximum Gasteiger partial charge on any atom is 0.0465 e. The third-order valence-corrected chi connectivity index (χ3v) is 13.0. The first-order chi connectivity index (χ1) is 27.8. The maximum absolute atomic E-state index is 2.55. The van der Waals surface area contributed by atoms with E-state index in [0.29, 0.717) is 0 Å². The van der Waals surface area contributed by atoms with Crippen LogP contribution in [0.1, 0.15) is 49.9 Å². The van der Waals surface area contributed by atoms with Crippen molar-refractivity contribution in [3.63, 3.8) is 0 Å². The molecule has 2 aliphatic carbocycles. The number of fused-ring (bicyclic) bond motifs is 8. The van der Waals surface area contributed by atoms with Crippen LogP contribution in [-0.4, -0.2) is 0 Å². The van der Waals surface area contributed by atoms with Crippen LogP contribution in [0.3, 0.4) is 0 Å². The predicted molar refractivity (Wildman–Crippen MR) is 242 cm³/mol. The summed E-state index contributed by atoms with van der Waals surface area (Å²) < 4.78 is 0. The second-order valence-corrected chi connectivity index (χ2v) is 16.9. The normalized spacial score (nSPS) is 14.2. The van der Waals surface area contributed by atoms with E-state index in [1.807, 2.05) is 0 Å². The highest BCUT2D eigenvalue weighted by Gasteiger charge is 2.39. The molecule has 0 spiro atoms. The van der Waals surface area contributed by atoms with Crippen molar-refractivity contribution in [2.45, 2.75) is 38.5 Å². The van der Waals surface area contributed by atoms with Crippen LogP contribution in [0.2, 0.25) is 0 Å². The fraction of sp³-hybridized carbons (Fsp3) is 0.107. The van der Waals surface area contributed by atoms with Gasteiger partial charge in [-0.1, -0.05) is 155 Å². The van der Waals surface area contributed by atoms with Crippen LogP contribution in [0.4, 0.5) is 17.1 Å². The molecule has 2 aliphatic rings. The van der Waals surface area contributed by atoms with Gasteiger partial charge in [-0.25, -0.2) is 0 Å². The van der Waals surface area contributed by atoms with E-state index in [0.717, 1.165) is 17.1 Å². The minimum Gasteiger partial charge on any atom is -0.310 e. The first-order valence-electron chi connectivity index (χ1n) is 20.2. The average molecular weight is 730 g/mol. The molecule has 57 heavy (non-hydrogen) atoms. The van der Waals surface area contributed by atoms with Gasteiger partial charge < -0.3 is 4.90 Å². The highest BCUT2D eigenvalue weighted by atomic mass is 15.1. The van der Waals surface area contributed by atoms with Gasteiger partial charge in [-0.3, -0.25) is 0 Å². The van der Waals surface area contributed by atoms with E-state index in [2.05, 4.69) is 221 Å². The van der Waals surface area contributed by atoms with Gasteiger partial charge in [-0.05, 0) is 149 Å². The molecular formula is C56H43N. The summed E-state index contributed by atoms with van der Waals surface area (Å²) in [5.74, 6) is 0. The summed E-state index contributed by atoms with van der Waals surface area (Å²) >= 11 is 0. The summed E-state index contributed by atoms with van der Waals surface area (Å²) in [5, 5.41) is 5.20. The van der Waals surface area contributed by atoms with E-state index < -0.39 is 0 Å². The van der Waals surface area contributed by atoms with Gasteiger partial charge >= 0.3 is 0 Å². The highest BCUT2D eigenvalue weighted by molar-refractivity contribution is 6.23. The summed E-state index contributed by atoms with van der Waals surface area (Å²) in [7, 11) is 0.